The van der Waals surface area contributed by atoms with E-state index in [9.17, 15) is 25.1 Å². The molecule has 0 bridgehead atoms. The van der Waals surface area contributed by atoms with Crippen molar-refractivity contribution in [3.63, 3.8) is 0 Å². The molecule has 1 heterocycles. The number of halogens is 1. The number of imide groups is 1. The summed E-state index contributed by atoms with van der Waals surface area (Å²) >= 11 is 5.86. The van der Waals surface area contributed by atoms with Gasteiger partial charge in [-0.25, -0.2) is 4.98 Å². The van der Waals surface area contributed by atoms with Gasteiger partial charge in [0.25, 0.3) is 0 Å². The highest BCUT2D eigenvalue weighted by Gasteiger charge is 2.53. The van der Waals surface area contributed by atoms with Crippen molar-refractivity contribution in [1.82, 2.24) is 4.98 Å². The number of ether oxygens (including phenoxy) is 1. The quantitative estimate of drug-likeness (QED) is 0.445. The van der Waals surface area contributed by atoms with E-state index in [0.717, 1.165) is 4.90 Å². The molecule has 2 amide bonds. The molecule has 1 aliphatic rings. The molecule has 0 saturated heterocycles. The van der Waals surface area contributed by atoms with Gasteiger partial charge in [-0.2, -0.15) is 5.26 Å². The second kappa shape index (κ2) is 10.5. The molecule has 1 aliphatic carbocycles. The number of carbonyl (C=O) groups is 2. The first-order valence-corrected chi connectivity index (χ1v) is 12.3. The third-order valence-electron chi connectivity index (χ3n) is 7.34. The van der Waals surface area contributed by atoms with E-state index in [1.165, 1.54) is 13.1 Å². The Morgan fingerprint density at radius 1 is 1.22 bits per heavy atom. The van der Waals surface area contributed by atoms with E-state index in [1.807, 2.05) is 6.92 Å². The maximum Gasteiger partial charge on any atom is 0.239 e. The third kappa shape index (κ3) is 5.30. The lowest BCUT2D eigenvalue weighted by Gasteiger charge is -2.49. The fourth-order valence-electron chi connectivity index (χ4n) is 5.07. The second-order valence-corrected chi connectivity index (χ2v) is 10.5. The number of amides is 2. The monoisotopic (exact) mass is 521 g/mol. The highest BCUT2D eigenvalue weighted by molar-refractivity contribution is 6.30. The lowest BCUT2D eigenvalue weighted by molar-refractivity contribution is -0.169. The predicted molar refractivity (Wildman–Crippen MR) is 139 cm³/mol. The van der Waals surface area contributed by atoms with Crippen LogP contribution in [0.1, 0.15) is 38.7 Å². The molecule has 1 saturated carbocycles. The highest BCUT2D eigenvalue weighted by atomic mass is 35.5. The third-order valence-corrected chi connectivity index (χ3v) is 7.56. The summed E-state index contributed by atoms with van der Waals surface area (Å²) in [6.07, 6.45) is 1.67. The van der Waals surface area contributed by atoms with Crippen LogP contribution in [0.25, 0.3) is 10.8 Å². The zero-order chi connectivity index (χ0) is 26.8. The van der Waals surface area contributed by atoms with Crippen LogP contribution >= 0.6 is 11.6 Å². The molecule has 0 aliphatic heterocycles. The van der Waals surface area contributed by atoms with E-state index in [-0.39, 0.29) is 19.4 Å². The maximum atomic E-state index is 13.8. The molecular formula is C28H28ClN3O5. The number of rotatable bonds is 7. The number of hydrogen-bond acceptors (Lipinski definition) is 7. The van der Waals surface area contributed by atoms with Gasteiger partial charge in [-0.1, -0.05) is 42.8 Å². The Bertz CT molecular complexity index is 1350. The molecular weight excluding hydrogens is 494 g/mol. The average Bonchev–Trinajstić information content (AvgIpc) is 2.88. The highest BCUT2D eigenvalue weighted by Crippen LogP contribution is 2.47. The Morgan fingerprint density at radius 2 is 1.95 bits per heavy atom. The van der Waals surface area contributed by atoms with Gasteiger partial charge in [0.2, 0.25) is 18.2 Å². The molecule has 0 radical (unpaired) electrons. The number of hydrogen-bond donors (Lipinski definition) is 2. The molecule has 2 aromatic carbocycles. The first-order valence-electron chi connectivity index (χ1n) is 11.9. The van der Waals surface area contributed by atoms with Crippen LogP contribution < -0.4 is 9.64 Å². The Kier molecular flexibility index (Phi) is 7.51. The molecule has 2 N–H and O–H groups in total. The van der Waals surface area contributed by atoms with Crippen LogP contribution in [0.4, 0.5) is 5.69 Å². The molecule has 4 unspecified atom stereocenters. The molecule has 192 valence electrons. The van der Waals surface area contributed by atoms with Crippen molar-refractivity contribution in [2.24, 2.45) is 11.3 Å². The fraction of sp³-hybridized carbons (Fsp3) is 0.357. The summed E-state index contributed by atoms with van der Waals surface area (Å²) in [7, 11) is 0. The van der Waals surface area contributed by atoms with Gasteiger partial charge in [0.1, 0.15) is 0 Å². The van der Waals surface area contributed by atoms with Crippen molar-refractivity contribution < 1.29 is 24.5 Å². The van der Waals surface area contributed by atoms with E-state index >= 15 is 0 Å². The molecule has 8 nitrogen and oxygen atoms in total. The fourth-order valence-corrected chi connectivity index (χ4v) is 5.18. The normalized spacial score (nSPS) is 25.3. The molecule has 1 aromatic heterocycles. The largest absolute Gasteiger partial charge is 0.478 e. The van der Waals surface area contributed by atoms with Crippen molar-refractivity contribution in [3.05, 3.63) is 65.3 Å². The SMILES string of the molecule is CC1(CCOc2ccc(Cl)cn2)CC(O)C(C)(O)C(C(=O)N(C=O)c2ccc(C#N)c3ccccc23)C1. The van der Waals surface area contributed by atoms with Crippen molar-refractivity contribution >= 4 is 40.4 Å². The summed E-state index contributed by atoms with van der Waals surface area (Å²) in [5.74, 6) is -1.28. The van der Waals surface area contributed by atoms with Gasteiger partial charge in [0, 0.05) is 23.0 Å². The van der Waals surface area contributed by atoms with Gasteiger partial charge in [0.05, 0.1) is 46.6 Å². The zero-order valence-corrected chi connectivity index (χ0v) is 21.4. The van der Waals surface area contributed by atoms with Crippen molar-refractivity contribution in [1.29, 1.82) is 5.26 Å². The van der Waals surface area contributed by atoms with E-state index in [4.69, 9.17) is 16.3 Å². The Labute approximate surface area is 220 Å². The number of fused-ring (bicyclic) bond motifs is 1. The van der Waals surface area contributed by atoms with Crippen LogP contribution in [0, 0.1) is 22.7 Å². The summed E-state index contributed by atoms with van der Waals surface area (Å²) in [5.41, 5.74) is -1.58. The van der Waals surface area contributed by atoms with Crippen LogP contribution in [-0.2, 0) is 9.59 Å². The van der Waals surface area contributed by atoms with Crippen LogP contribution in [-0.4, -0.2) is 45.8 Å². The first kappa shape index (κ1) is 26.6. The summed E-state index contributed by atoms with van der Waals surface area (Å²) in [5, 5.41) is 33.2. The van der Waals surface area contributed by atoms with Crippen LogP contribution in [0.3, 0.4) is 0 Å². The van der Waals surface area contributed by atoms with E-state index < -0.39 is 28.9 Å². The standard InChI is InChI=1S/C28H28ClN3O5/c1-27(11-12-37-25-10-8-19(29)16-31-25)13-22(28(2,36)24(34)14-27)26(35)32(17-33)23-9-7-18(15-30)20-5-3-4-6-21(20)23/h3-10,16-17,22,24,34,36H,11-14H2,1-2H3. The van der Waals surface area contributed by atoms with Crippen molar-refractivity contribution in [3.8, 4) is 11.9 Å². The van der Waals surface area contributed by atoms with Crippen molar-refractivity contribution in [2.75, 3.05) is 11.5 Å². The molecule has 4 rings (SSSR count). The molecule has 1 fully saturated rings. The number of aliphatic hydroxyl groups excluding tert-OH is 1. The molecule has 9 heteroatoms. The van der Waals surface area contributed by atoms with Crippen LogP contribution in [0.15, 0.2) is 54.7 Å². The lowest BCUT2D eigenvalue weighted by Crippen LogP contribution is -2.59. The minimum absolute atomic E-state index is 0.228. The number of benzene rings is 2. The summed E-state index contributed by atoms with van der Waals surface area (Å²) in [4.78, 5) is 31.1. The van der Waals surface area contributed by atoms with Gasteiger partial charge in [0.15, 0.2) is 0 Å². The number of pyridine rings is 1. The average molecular weight is 522 g/mol. The number of nitriles is 1. The number of carbonyl (C=O) groups excluding carboxylic acids is 2. The Hall–Kier alpha value is -3.51. The minimum Gasteiger partial charge on any atom is -0.478 e. The Balaban J connectivity index is 1.60. The first-order chi connectivity index (χ1) is 17.6. The summed E-state index contributed by atoms with van der Waals surface area (Å²) < 4.78 is 5.73. The van der Waals surface area contributed by atoms with Gasteiger partial charge >= 0.3 is 0 Å². The number of anilines is 1. The van der Waals surface area contributed by atoms with Gasteiger partial charge < -0.3 is 14.9 Å². The predicted octanol–water partition coefficient (Wildman–Crippen LogP) is 4.25. The lowest BCUT2D eigenvalue weighted by atomic mass is 9.61. The molecule has 0 spiro atoms. The topological polar surface area (TPSA) is 124 Å². The van der Waals surface area contributed by atoms with Crippen LogP contribution in [0.2, 0.25) is 5.02 Å². The number of nitrogens with zero attached hydrogens (tertiary/aromatic N) is 3. The zero-order valence-electron chi connectivity index (χ0n) is 20.6. The van der Waals surface area contributed by atoms with Gasteiger partial charge in [-0.05, 0) is 49.8 Å². The summed E-state index contributed by atoms with van der Waals surface area (Å²) in [6, 6.07) is 15.6. The Morgan fingerprint density at radius 3 is 2.59 bits per heavy atom. The minimum atomic E-state index is -1.75. The van der Waals surface area contributed by atoms with E-state index in [1.54, 1.807) is 48.5 Å². The number of aliphatic hydroxyl groups is 2. The summed E-state index contributed by atoms with van der Waals surface area (Å²) in [6.45, 7) is 3.62. The van der Waals surface area contributed by atoms with Crippen LogP contribution in [0.5, 0.6) is 5.88 Å². The van der Waals surface area contributed by atoms with Crippen molar-refractivity contribution in [2.45, 2.75) is 44.8 Å². The molecule has 3 aromatic rings. The number of aromatic nitrogens is 1. The maximum absolute atomic E-state index is 13.8. The molecule has 37 heavy (non-hydrogen) atoms. The molecule has 4 atom stereocenters. The van der Waals surface area contributed by atoms with Gasteiger partial charge in [-0.15, -0.1) is 0 Å². The van der Waals surface area contributed by atoms with Gasteiger partial charge in [-0.3, -0.25) is 14.5 Å². The smallest absolute Gasteiger partial charge is 0.239 e. The second-order valence-electron chi connectivity index (χ2n) is 10.0. The van der Waals surface area contributed by atoms with E-state index in [2.05, 4.69) is 11.1 Å². The van der Waals surface area contributed by atoms with E-state index in [0.29, 0.717) is 45.8 Å².